The first-order valence-corrected chi connectivity index (χ1v) is 6.83. The highest BCUT2D eigenvalue weighted by molar-refractivity contribution is 7.10. The second-order valence-corrected chi connectivity index (χ2v) is 5.96. The van der Waals surface area contributed by atoms with Crippen LogP contribution >= 0.6 is 11.3 Å². The maximum absolute atomic E-state index is 12.0. The van der Waals surface area contributed by atoms with Gasteiger partial charge in [-0.25, -0.2) is 0 Å². The second kappa shape index (κ2) is 6.17. The molecule has 0 aliphatic heterocycles. The average molecular weight is 254 g/mol. The highest BCUT2D eigenvalue weighted by atomic mass is 32.1. The highest BCUT2D eigenvalue weighted by Gasteiger charge is 2.19. The summed E-state index contributed by atoms with van der Waals surface area (Å²) in [6.45, 7) is 6.89. The molecule has 0 bridgehead atoms. The van der Waals surface area contributed by atoms with Crippen LogP contribution in [0.5, 0.6) is 0 Å². The average Bonchev–Trinajstić information content (AvgIpc) is 2.62. The van der Waals surface area contributed by atoms with Crippen LogP contribution in [0.25, 0.3) is 0 Å². The predicted molar refractivity (Wildman–Crippen MR) is 73.0 cm³/mol. The van der Waals surface area contributed by atoms with E-state index < -0.39 is 0 Å². The van der Waals surface area contributed by atoms with E-state index in [0.717, 1.165) is 6.42 Å². The monoisotopic (exact) mass is 254 g/mol. The van der Waals surface area contributed by atoms with Crippen molar-refractivity contribution in [3.8, 4) is 0 Å². The third-order valence-electron chi connectivity index (χ3n) is 2.77. The van der Waals surface area contributed by atoms with E-state index in [1.807, 2.05) is 7.05 Å². The maximum Gasteiger partial charge on any atom is 0.239 e. The molecule has 1 heterocycles. The van der Waals surface area contributed by atoms with Crippen LogP contribution < -0.4 is 5.73 Å². The van der Waals surface area contributed by atoms with Crippen molar-refractivity contribution in [2.45, 2.75) is 39.8 Å². The number of nitrogens with two attached hydrogens (primary N) is 1. The molecule has 0 aromatic carbocycles. The Morgan fingerprint density at radius 3 is 2.65 bits per heavy atom. The molecule has 0 aliphatic carbocycles. The van der Waals surface area contributed by atoms with E-state index in [4.69, 9.17) is 5.73 Å². The molecule has 0 saturated carbocycles. The molecule has 0 fully saturated rings. The largest absolute Gasteiger partial charge is 0.339 e. The molecule has 0 spiro atoms. The summed E-state index contributed by atoms with van der Waals surface area (Å²) in [6.07, 6.45) is 0.743. The zero-order valence-electron chi connectivity index (χ0n) is 11.1. The topological polar surface area (TPSA) is 46.3 Å². The van der Waals surface area contributed by atoms with E-state index in [2.05, 4.69) is 32.2 Å². The normalized spacial score (nSPS) is 12.8. The first kappa shape index (κ1) is 14.2. The van der Waals surface area contributed by atoms with E-state index in [0.29, 0.717) is 12.5 Å². The Hall–Kier alpha value is -0.870. The standard InChI is InChI=1S/C13H22N2OS/c1-9(2)7-11(14)13(16)15(4)8-12-10(3)5-6-17-12/h5-6,9,11H,7-8,14H2,1-4H3. The molecule has 1 aromatic rings. The van der Waals surface area contributed by atoms with Gasteiger partial charge in [0.1, 0.15) is 0 Å². The second-order valence-electron chi connectivity index (χ2n) is 4.96. The maximum atomic E-state index is 12.0. The van der Waals surface area contributed by atoms with E-state index in [1.54, 1.807) is 16.2 Å². The fraction of sp³-hybridized carbons (Fsp3) is 0.615. The Morgan fingerprint density at radius 1 is 1.53 bits per heavy atom. The van der Waals surface area contributed by atoms with Gasteiger partial charge in [-0.1, -0.05) is 13.8 Å². The van der Waals surface area contributed by atoms with Crippen LogP contribution in [0.4, 0.5) is 0 Å². The Morgan fingerprint density at radius 2 is 2.18 bits per heavy atom. The molecule has 0 aliphatic rings. The Bertz CT molecular complexity index is 373. The van der Waals surface area contributed by atoms with Gasteiger partial charge in [0.05, 0.1) is 12.6 Å². The van der Waals surface area contributed by atoms with Crippen molar-refractivity contribution in [2.75, 3.05) is 7.05 Å². The molecular weight excluding hydrogens is 232 g/mol. The van der Waals surface area contributed by atoms with Gasteiger partial charge in [0.2, 0.25) is 5.91 Å². The summed E-state index contributed by atoms with van der Waals surface area (Å²) >= 11 is 1.69. The summed E-state index contributed by atoms with van der Waals surface area (Å²) in [7, 11) is 1.82. The molecule has 96 valence electrons. The van der Waals surface area contributed by atoms with Crippen molar-refractivity contribution in [3.05, 3.63) is 21.9 Å². The molecule has 1 rings (SSSR count). The van der Waals surface area contributed by atoms with E-state index >= 15 is 0 Å². The third kappa shape index (κ3) is 4.13. The summed E-state index contributed by atoms with van der Waals surface area (Å²) in [5.74, 6) is 0.484. The first-order valence-electron chi connectivity index (χ1n) is 5.95. The van der Waals surface area contributed by atoms with E-state index in [-0.39, 0.29) is 11.9 Å². The van der Waals surface area contributed by atoms with Gasteiger partial charge < -0.3 is 10.6 Å². The zero-order valence-corrected chi connectivity index (χ0v) is 11.9. The van der Waals surface area contributed by atoms with Crippen molar-refractivity contribution in [3.63, 3.8) is 0 Å². The Labute approximate surface area is 108 Å². The number of hydrogen-bond acceptors (Lipinski definition) is 3. The quantitative estimate of drug-likeness (QED) is 0.877. The van der Waals surface area contributed by atoms with Crippen LogP contribution in [0.15, 0.2) is 11.4 Å². The van der Waals surface area contributed by atoms with Gasteiger partial charge in [-0.15, -0.1) is 11.3 Å². The minimum atomic E-state index is -0.375. The molecule has 1 unspecified atom stereocenters. The minimum absolute atomic E-state index is 0.0338. The lowest BCUT2D eigenvalue weighted by Crippen LogP contribution is -2.42. The molecule has 1 amide bonds. The number of carbonyl (C=O) groups is 1. The number of amides is 1. The van der Waals surface area contributed by atoms with Crippen molar-refractivity contribution in [1.29, 1.82) is 0 Å². The molecule has 3 nitrogen and oxygen atoms in total. The van der Waals surface area contributed by atoms with Gasteiger partial charge in [0.15, 0.2) is 0 Å². The summed E-state index contributed by atoms with van der Waals surface area (Å²) in [5, 5.41) is 2.05. The lowest BCUT2D eigenvalue weighted by atomic mass is 10.0. The fourth-order valence-electron chi connectivity index (χ4n) is 1.75. The molecule has 0 saturated heterocycles. The van der Waals surface area contributed by atoms with Gasteiger partial charge in [0, 0.05) is 11.9 Å². The van der Waals surface area contributed by atoms with Crippen LogP contribution in [0, 0.1) is 12.8 Å². The number of aryl methyl sites for hydroxylation is 1. The van der Waals surface area contributed by atoms with Crippen molar-refractivity contribution >= 4 is 17.2 Å². The van der Waals surface area contributed by atoms with Gasteiger partial charge in [-0.2, -0.15) is 0 Å². The van der Waals surface area contributed by atoms with Crippen LogP contribution in [-0.2, 0) is 11.3 Å². The van der Waals surface area contributed by atoms with Gasteiger partial charge in [-0.3, -0.25) is 4.79 Å². The number of nitrogens with zero attached hydrogens (tertiary/aromatic N) is 1. The third-order valence-corrected chi connectivity index (χ3v) is 3.78. The zero-order chi connectivity index (χ0) is 13.0. The van der Waals surface area contributed by atoms with Crippen molar-refractivity contribution in [2.24, 2.45) is 11.7 Å². The molecule has 1 atom stereocenters. The van der Waals surface area contributed by atoms with Gasteiger partial charge in [-0.05, 0) is 36.3 Å². The van der Waals surface area contributed by atoms with Crippen molar-refractivity contribution in [1.82, 2.24) is 4.90 Å². The van der Waals surface area contributed by atoms with Crippen LogP contribution in [0.3, 0.4) is 0 Å². The molecule has 2 N–H and O–H groups in total. The number of thiophene rings is 1. The summed E-state index contributed by atoms with van der Waals surface area (Å²) in [6, 6.07) is 1.70. The number of rotatable bonds is 5. The van der Waals surface area contributed by atoms with Crippen molar-refractivity contribution < 1.29 is 4.79 Å². The van der Waals surface area contributed by atoms with Gasteiger partial charge >= 0.3 is 0 Å². The Balaban J connectivity index is 2.55. The number of carbonyl (C=O) groups excluding carboxylic acids is 1. The SMILES string of the molecule is Cc1ccsc1CN(C)C(=O)C(N)CC(C)C. The minimum Gasteiger partial charge on any atom is -0.339 e. The fourth-order valence-corrected chi connectivity index (χ4v) is 2.71. The molecular formula is C13H22N2OS. The molecule has 0 radical (unpaired) electrons. The van der Waals surface area contributed by atoms with E-state index in [9.17, 15) is 4.79 Å². The molecule has 4 heteroatoms. The summed E-state index contributed by atoms with van der Waals surface area (Å²) in [4.78, 5) is 15.0. The predicted octanol–water partition coefficient (Wildman–Crippen LogP) is 2.39. The lowest BCUT2D eigenvalue weighted by Gasteiger charge is -2.22. The lowest BCUT2D eigenvalue weighted by molar-refractivity contribution is -0.132. The highest BCUT2D eigenvalue weighted by Crippen LogP contribution is 2.17. The van der Waals surface area contributed by atoms with Crippen LogP contribution in [0.2, 0.25) is 0 Å². The number of hydrogen-bond donors (Lipinski definition) is 1. The summed E-state index contributed by atoms with van der Waals surface area (Å²) < 4.78 is 0. The molecule has 1 aromatic heterocycles. The van der Waals surface area contributed by atoms with Crippen LogP contribution in [-0.4, -0.2) is 23.9 Å². The summed E-state index contributed by atoms with van der Waals surface area (Å²) in [5.41, 5.74) is 7.14. The first-order chi connectivity index (χ1) is 7.91. The van der Waals surface area contributed by atoms with E-state index in [1.165, 1.54) is 10.4 Å². The van der Waals surface area contributed by atoms with Crippen LogP contribution in [0.1, 0.15) is 30.7 Å². The molecule has 17 heavy (non-hydrogen) atoms. The Kier molecular flexibility index (Phi) is 5.15. The van der Waals surface area contributed by atoms with Gasteiger partial charge in [0.25, 0.3) is 0 Å². The smallest absolute Gasteiger partial charge is 0.239 e. The number of likely N-dealkylation sites (N-methyl/N-ethyl adjacent to an activating group) is 1.